The maximum Gasteiger partial charge on any atom is 0.115 e. The highest BCUT2D eigenvalue weighted by Gasteiger charge is 2.12. The normalized spacial score (nSPS) is 14.7. The van der Waals surface area contributed by atoms with E-state index in [1.54, 1.807) is 19.2 Å². The van der Waals surface area contributed by atoms with Crippen LogP contribution in [0.25, 0.3) is 0 Å². The molecule has 0 amide bonds. The van der Waals surface area contributed by atoms with E-state index in [-0.39, 0.29) is 24.4 Å². The third-order valence-electron chi connectivity index (χ3n) is 2.47. The number of methoxy groups -OCH3 is 1. The minimum absolute atomic E-state index is 0.0380. The fourth-order valence-electron chi connectivity index (χ4n) is 1.57. The van der Waals surface area contributed by atoms with Crippen LogP contribution in [0.5, 0.6) is 5.75 Å². The van der Waals surface area contributed by atoms with E-state index in [2.05, 4.69) is 5.32 Å². The number of aliphatic hydroxyl groups is 1. The van der Waals surface area contributed by atoms with E-state index in [1.165, 1.54) is 0 Å². The van der Waals surface area contributed by atoms with Crippen LogP contribution in [0.15, 0.2) is 24.3 Å². The van der Waals surface area contributed by atoms with Crippen LogP contribution in [-0.4, -0.2) is 36.6 Å². The third-order valence-corrected chi connectivity index (χ3v) is 2.47. The molecule has 0 aromatic heterocycles. The van der Waals surface area contributed by atoms with E-state index >= 15 is 0 Å². The highest BCUT2D eigenvalue weighted by atomic mass is 16.5. The van der Waals surface area contributed by atoms with Crippen molar-refractivity contribution in [3.8, 4) is 5.75 Å². The summed E-state index contributed by atoms with van der Waals surface area (Å²) in [6, 6.07) is 7.04. The summed E-state index contributed by atoms with van der Waals surface area (Å²) in [5.41, 5.74) is 1.06. The quantitative estimate of drug-likeness (QED) is 0.677. The number of aliphatic hydroxyl groups excluding tert-OH is 1. The number of nitrogens with one attached hydrogen (secondary N) is 1. The van der Waals surface area contributed by atoms with Gasteiger partial charge in [0.25, 0.3) is 0 Å². The molecule has 4 heteroatoms. The number of hydrogen-bond acceptors (Lipinski definition) is 4. The minimum atomic E-state index is -0.0752. The largest absolute Gasteiger partial charge is 0.508 e. The van der Waals surface area contributed by atoms with Crippen molar-refractivity contribution < 1.29 is 14.9 Å². The van der Waals surface area contributed by atoms with Gasteiger partial charge in [-0.1, -0.05) is 12.1 Å². The summed E-state index contributed by atoms with van der Waals surface area (Å²) in [6.07, 6.45) is 0. The van der Waals surface area contributed by atoms with Gasteiger partial charge in [-0.15, -0.1) is 0 Å². The van der Waals surface area contributed by atoms with Crippen molar-refractivity contribution in [1.82, 2.24) is 5.32 Å². The molecule has 2 unspecified atom stereocenters. The average Bonchev–Trinajstić information content (AvgIpc) is 2.29. The van der Waals surface area contributed by atoms with E-state index in [9.17, 15) is 5.11 Å². The lowest BCUT2D eigenvalue weighted by molar-refractivity contribution is 0.123. The van der Waals surface area contributed by atoms with Gasteiger partial charge in [-0.3, -0.25) is 0 Å². The van der Waals surface area contributed by atoms with Gasteiger partial charge >= 0.3 is 0 Å². The molecule has 1 rings (SSSR count). The van der Waals surface area contributed by atoms with Crippen molar-refractivity contribution in [3.63, 3.8) is 0 Å². The first-order valence-electron chi connectivity index (χ1n) is 5.32. The van der Waals surface area contributed by atoms with Gasteiger partial charge in [0.2, 0.25) is 0 Å². The predicted octanol–water partition coefficient (Wildman–Crippen LogP) is 1.05. The molecule has 0 aliphatic rings. The molecule has 2 atom stereocenters. The third kappa shape index (κ3) is 3.81. The first kappa shape index (κ1) is 13.0. The van der Waals surface area contributed by atoms with E-state index in [0.29, 0.717) is 6.61 Å². The molecule has 0 fully saturated rings. The summed E-state index contributed by atoms with van der Waals surface area (Å²) in [5, 5.41) is 21.5. The molecule has 0 aliphatic heterocycles. The maximum atomic E-state index is 9.17. The fourth-order valence-corrected chi connectivity index (χ4v) is 1.57. The number of phenols is 1. The van der Waals surface area contributed by atoms with Crippen LogP contribution in [-0.2, 0) is 4.74 Å². The molecule has 3 N–H and O–H groups in total. The molecule has 1 aromatic rings. The lowest BCUT2D eigenvalue weighted by Gasteiger charge is -2.21. The zero-order valence-corrected chi connectivity index (χ0v) is 9.68. The van der Waals surface area contributed by atoms with Crippen molar-refractivity contribution in [3.05, 3.63) is 29.8 Å². The number of aromatic hydroxyl groups is 1. The fraction of sp³-hybridized carbons (Fsp3) is 0.500. The molecule has 0 spiro atoms. The van der Waals surface area contributed by atoms with Crippen LogP contribution in [0.2, 0.25) is 0 Å². The summed E-state index contributed by atoms with van der Waals surface area (Å²) < 4.78 is 4.99. The molecule has 16 heavy (non-hydrogen) atoms. The highest BCUT2D eigenvalue weighted by molar-refractivity contribution is 5.27. The van der Waals surface area contributed by atoms with Crippen LogP contribution in [0.4, 0.5) is 0 Å². The van der Waals surface area contributed by atoms with Crippen LogP contribution in [0, 0.1) is 0 Å². The van der Waals surface area contributed by atoms with Crippen molar-refractivity contribution in [2.24, 2.45) is 0 Å². The number of phenolic OH excluding ortho intramolecular Hbond substituents is 1. The summed E-state index contributed by atoms with van der Waals surface area (Å²) in [5.74, 6) is 0.256. The van der Waals surface area contributed by atoms with Gasteiger partial charge < -0.3 is 20.3 Å². The molecule has 0 bridgehead atoms. The second kappa shape index (κ2) is 6.48. The van der Waals surface area contributed by atoms with Crippen LogP contribution >= 0.6 is 0 Å². The van der Waals surface area contributed by atoms with E-state index < -0.39 is 0 Å². The highest BCUT2D eigenvalue weighted by Crippen LogP contribution is 2.16. The van der Waals surface area contributed by atoms with Crippen LogP contribution < -0.4 is 5.32 Å². The van der Waals surface area contributed by atoms with Gasteiger partial charge in [-0.25, -0.2) is 0 Å². The molecule has 0 saturated heterocycles. The zero-order chi connectivity index (χ0) is 12.0. The Morgan fingerprint density at radius 3 is 2.44 bits per heavy atom. The Hall–Kier alpha value is -1.10. The lowest BCUT2D eigenvalue weighted by Crippen LogP contribution is -2.38. The Balaban J connectivity index is 2.56. The number of ether oxygens (including phenoxy) is 1. The maximum absolute atomic E-state index is 9.17. The van der Waals surface area contributed by atoms with Crippen molar-refractivity contribution >= 4 is 0 Å². The van der Waals surface area contributed by atoms with Crippen LogP contribution in [0.3, 0.4) is 0 Å². The topological polar surface area (TPSA) is 61.7 Å². The molecule has 4 nitrogen and oxygen atoms in total. The first-order chi connectivity index (χ1) is 7.67. The Kier molecular flexibility index (Phi) is 5.25. The summed E-state index contributed by atoms with van der Waals surface area (Å²) >= 11 is 0. The van der Waals surface area contributed by atoms with Gasteiger partial charge in [0.1, 0.15) is 5.75 Å². The van der Waals surface area contributed by atoms with Gasteiger partial charge in [0.15, 0.2) is 0 Å². The van der Waals surface area contributed by atoms with Crippen molar-refractivity contribution in [2.75, 3.05) is 20.3 Å². The molecular formula is C12H19NO3. The van der Waals surface area contributed by atoms with E-state index in [0.717, 1.165) is 5.56 Å². The minimum Gasteiger partial charge on any atom is -0.508 e. The van der Waals surface area contributed by atoms with Crippen molar-refractivity contribution in [2.45, 2.75) is 19.0 Å². The average molecular weight is 225 g/mol. The Bertz CT molecular complexity index is 300. The SMILES string of the molecule is COCC(CO)NC(C)c1ccc(O)cc1. The predicted molar refractivity (Wildman–Crippen MR) is 62.4 cm³/mol. The monoisotopic (exact) mass is 225 g/mol. The van der Waals surface area contributed by atoms with Gasteiger partial charge in [0.05, 0.1) is 19.3 Å². The number of rotatable bonds is 6. The molecule has 0 aliphatic carbocycles. The molecule has 0 radical (unpaired) electrons. The zero-order valence-electron chi connectivity index (χ0n) is 9.68. The van der Waals surface area contributed by atoms with Gasteiger partial charge in [0, 0.05) is 13.2 Å². The summed E-state index contributed by atoms with van der Waals surface area (Å²) in [6.45, 7) is 2.51. The van der Waals surface area contributed by atoms with E-state index in [1.807, 2.05) is 19.1 Å². The molecule has 0 heterocycles. The standard InChI is InChI=1S/C12H19NO3/c1-9(13-11(7-14)8-16-2)10-3-5-12(15)6-4-10/h3-6,9,11,13-15H,7-8H2,1-2H3. The molecule has 1 aromatic carbocycles. The van der Waals surface area contributed by atoms with Gasteiger partial charge in [-0.05, 0) is 24.6 Å². The summed E-state index contributed by atoms with van der Waals surface area (Å²) in [4.78, 5) is 0. The molecule has 90 valence electrons. The smallest absolute Gasteiger partial charge is 0.115 e. The number of hydrogen-bond donors (Lipinski definition) is 3. The summed E-state index contributed by atoms with van der Waals surface area (Å²) in [7, 11) is 1.61. The Morgan fingerprint density at radius 1 is 1.31 bits per heavy atom. The van der Waals surface area contributed by atoms with Gasteiger partial charge in [-0.2, -0.15) is 0 Å². The molecular weight excluding hydrogens is 206 g/mol. The lowest BCUT2D eigenvalue weighted by atomic mass is 10.1. The first-order valence-corrected chi connectivity index (χ1v) is 5.32. The second-order valence-electron chi connectivity index (χ2n) is 3.81. The van der Waals surface area contributed by atoms with Crippen molar-refractivity contribution in [1.29, 1.82) is 0 Å². The number of benzene rings is 1. The molecule has 0 saturated carbocycles. The van der Waals surface area contributed by atoms with E-state index in [4.69, 9.17) is 9.84 Å². The second-order valence-corrected chi connectivity index (χ2v) is 3.81. The Labute approximate surface area is 95.9 Å². The Morgan fingerprint density at radius 2 is 1.94 bits per heavy atom. The van der Waals surface area contributed by atoms with Crippen LogP contribution in [0.1, 0.15) is 18.5 Å².